The predicted molar refractivity (Wildman–Crippen MR) is 83.3 cm³/mol. The van der Waals surface area contributed by atoms with Crippen LogP contribution in [0, 0.1) is 5.92 Å². The van der Waals surface area contributed by atoms with Crippen molar-refractivity contribution in [2.75, 3.05) is 0 Å². The molecule has 20 heavy (non-hydrogen) atoms. The molecule has 0 radical (unpaired) electrons. The molecule has 2 saturated carbocycles. The van der Waals surface area contributed by atoms with Crippen LogP contribution >= 0.6 is 11.8 Å². The van der Waals surface area contributed by atoms with Crippen molar-refractivity contribution < 1.29 is 5.11 Å². The number of rotatable bonds is 1. The number of hydrogen-bond donors (Lipinski definition) is 1. The van der Waals surface area contributed by atoms with Crippen molar-refractivity contribution in [3.8, 4) is 0 Å². The van der Waals surface area contributed by atoms with E-state index in [0.29, 0.717) is 5.92 Å². The molecular weight excluding hydrogens is 268 g/mol. The summed E-state index contributed by atoms with van der Waals surface area (Å²) < 4.78 is 0. The summed E-state index contributed by atoms with van der Waals surface area (Å²) in [5.74, 6) is 0.342. The molecule has 0 bridgehead atoms. The van der Waals surface area contributed by atoms with Crippen LogP contribution in [0.15, 0.2) is 15.6 Å². The molecule has 2 atom stereocenters. The molecule has 1 spiro atoms. The quantitative estimate of drug-likeness (QED) is 0.797. The minimum Gasteiger partial charge on any atom is -0.369 e. The Hall–Kier alpha value is -0.480. The lowest BCUT2D eigenvalue weighted by atomic mass is 9.74. The Bertz CT molecular complexity index is 507. The Labute approximate surface area is 125 Å². The zero-order valence-electron chi connectivity index (χ0n) is 12.5. The van der Waals surface area contributed by atoms with E-state index in [1.807, 2.05) is 0 Å². The molecule has 0 aromatic heterocycles. The molecule has 4 rings (SSSR count). The molecule has 1 N–H and O–H groups in total. The van der Waals surface area contributed by atoms with Gasteiger partial charge in [0, 0.05) is 16.5 Å². The van der Waals surface area contributed by atoms with E-state index in [9.17, 15) is 5.11 Å². The molecular formula is C16H24N2OS. The van der Waals surface area contributed by atoms with E-state index in [1.54, 1.807) is 11.8 Å². The van der Waals surface area contributed by atoms with Gasteiger partial charge in [0.15, 0.2) is 10.9 Å². The van der Waals surface area contributed by atoms with Crippen molar-refractivity contribution >= 4 is 16.9 Å². The number of nitrogens with zero attached hydrogens (tertiary/aromatic N) is 2. The lowest BCUT2D eigenvalue weighted by molar-refractivity contribution is -0.0619. The molecule has 3 nitrogen and oxygen atoms in total. The maximum Gasteiger partial charge on any atom is 0.171 e. The van der Waals surface area contributed by atoms with Gasteiger partial charge in [0.2, 0.25) is 0 Å². The highest BCUT2D eigenvalue weighted by Crippen LogP contribution is 2.59. The zero-order chi connectivity index (χ0) is 14.0. The molecule has 0 saturated heterocycles. The van der Waals surface area contributed by atoms with E-state index in [1.165, 1.54) is 36.3 Å². The molecule has 0 aromatic carbocycles. The molecule has 2 aliphatic heterocycles. The monoisotopic (exact) mass is 292 g/mol. The summed E-state index contributed by atoms with van der Waals surface area (Å²) in [7, 11) is 0. The number of allylic oxidation sites excluding steroid dienone is 2. The summed E-state index contributed by atoms with van der Waals surface area (Å²) in [6, 6.07) is 0. The van der Waals surface area contributed by atoms with Crippen LogP contribution < -0.4 is 0 Å². The topological polar surface area (TPSA) is 35.8 Å². The van der Waals surface area contributed by atoms with Gasteiger partial charge in [-0.1, -0.05) is 31.5 Å². The first kappa shape index (κ1) is 13.2. The zero-order valence-corrected chi connectivity index (χ0v) is 13.3. The number of amidine groups is 1. The Morgan fingerprint density at radius 3 is 2.75 bits per heavy atom. The van der Waals surface area contributed by atoms with Crippen LogP contribution in [0.3, 0.4) is 0 Å². The Morgan fingerprint density at radius 1 is 1.30 bits per heavy atom. The van der Waals surface area contributed by atoms with Gasteiger partial charge < -0.3 is 10.0 Å². The van der Waals surface area contributed by atoms with E-state index in [-0.39, 0.29) is 5.54 Å². The molecule has 2 fully saturated rings. The van der Waals surface area contributed by atoms with Gasteiger partial charge in [-0.3, -0.25) is 0 Å². The van der Waals surface area contributed by atoms with Crippen LogP contribution in [0.25, 0.3) is 0 Å². The van der Waals surface area contributed by atoms with Crippen LogP contribution in [-0.2, 0) is 0 Å². The third-order valence-electron chi connectivity index (χ3n) is 5.90. The van der Waals surface area contributed by atoms with Crippen molar-refractivity contribution in [3.63, 3.8) is 0 Å². The first-order valence-electron chi connectivity index (χ1n) is 8.11. The van der Waals surface area contributed by atoms with Gasteiger partial charge in [-0.25, -0.2) is 4.99 Å². The average molecular weight is 292 g/mol. The maximum absolute atomic E-state index is 11.1. The van der Waals surface area contributed by atoms with E-state index < -0.39 is 5.72 Å². The smallest absolute Gasteiger partial charge is 0.171 e. The lowest BCUT2D eigenvalue weighted by Crippen LogP contribution is -2.61. The number of fused-ring (bicyclic) bond motifs is 4. The van der Waals surface area contributed by atoms with E-state index in [0.717, 1.165) is 30.9 Å². The van der Waals surface area contributed by atoms with Crippen molar-refractivity contribution in [3.05, 3.63) is 10.6 Å². The van der Waals surface area contributed by atoms with Crippen LogP contribution in [0.2, 0.25) is 0 Å². The summed E-state index contributed by atoms with van der Waals surface area (Å²) >= 11 is 1.79. The molecule has 4 aliphatic rings. The van der Waals surface area contributed by atoms with Gasteiger partial charge in [0.1, 0.15) is 0 Å². The summed E-state index contributed by atoms with van der Waals surface area (Å²) in [4.78, 5) is 8.77. The number of aliphatic hydroxyl groups is 1. The fourth-order valence-electron chi connectivity index (χ4n) is 5.14. The molecule has 110 valence electrons. The van der Waals surface area contributed by atoms with Crippen molar-refractivity contribution in [2.45, 2.75) is 76.5 Å². The maximum atomic E-state index is 11.1. The molecule has 2 heterocycles. The highest BCUT2D eigenvalue weighted by atomic mass is 32.2. The third kappa shape index (κ3) is 1.50. The number of thioether (sulfide) groups is 1. The Kier molecular flexibility index (Phi) is 2.81. The lowest BCUT2D eigenvalue weighted by Gasteiger charge is -2.52. The number of hydrogen-bond acceptors (Lipinski definition) is 4. The second-order valence-electron chi connectivity index (χ2n) is 6.82. The van der Waals surface area contributed by atoms with Gasteiger partial charge in [-0.05, 0) is 45.4 Å². The molecule has 2 aliphatic carbocycles. The third-order valence-corrected chi connectivity index (χ3v) is 6.89. The first-order valence-corrected chi connectivity index (χ1v) is 8.92. The van der Waals surface area contributed by atoms with Crippen LogP contribution in [0.5, 0.6) is 0 Å². The normalized spacial score (nSPS) is 38.5. The van der Waals surface area contributed by atoms with E-state index in [4.69, 9.17) is 4.99 Å². The van der Waals surface area contributed by atoms with Crippen molar-refractivity contribution in [1.82, 2.24) is 4.90 Å². The molecule has 0 amide bonds. The molecule has 2 unspecified atom stereocenters. The summed E-state index contributed by atoms with van der Waals surface area (Å²) in [5.41, 5.74) is 0.857. The minimum atomic E-state index is -0.771. The highest BCUT2D eigenvalue weighted by molar-refractivity contribution is 8.17. The van der Waals surface area contributed by atoms with Crippen LogP contribution in [0.1, 0.15) is 65.2 Å². The number of aliphatic imine (C=N–C) groups is 1. The average Bonchev–Trinajstić information content (AvgIpc) is 3.07. The predicted octanol–water partition coefficient (Wildman–Crippen LogP) is 3.85. The van der Waals surface area contributed by atoms with E-state index >= 15 is 0 Å². The highest BCUT2D eigenvalue weighted by Gasteiger charge is 2.61. The van der Waals surface area contributed by atoms with Gasteiger partial charge in [0.25, 0.3) is 0 Å². The molecule has 0 aromatic rings. The van der Waals surface area contributed by atoms with Crippen LogP contribution in [-0.4, -0.2) is 26.4 Å². The van der Waals surface area contributed by atoms with Crippen LogP contribution in [0.4, 0.5) is 0 Å². The second-order valence-corrected chi connectivity index (χ2v) is 8.00. The Morgan fingerprint density at radius 2 is 2.05 bits per heavy atom. The first-order chi connectivity index (χ1) is 9.61. The SMILES string of the molecule is CCC1=C(C)SC2=NC3(O)CCCC3C3(CCCC3)N21. The summed E-state index contributed by atoms with van der Waals surface area (Å²) in [6.07, 6.45) is 9.27. The van der Waals surface area contributed by atoms with Gasteiger partial charge in [0.05, 0.1) is 5.54 Å². The van der Waals surface area contributed by atoms with E-state index in [2.05, 4.69) is 18.7 Å². The van der Waals surface area contributed by atoms with Crippen molar-refractivity contribution in [1.29, 1.82) is 0 Å². The summed E-state index contributed by atoms with van der Waals surface area (Å²) in [6.45, 7) is 4.47. The van der Waals surface area contributed by atoms with Crippen molar-refractivity contribution in [2.24, 2.45) is 10.9 Å². The largest absolute Gasteiger partial charge is 0.369 e. The van der Waals surface area contributed by atoms with Gasteiger partial charge >= 0.3 is 0 Å². The fraction of sp³-hybridized carbons (Fsp3) is 0.812. The fourth-order valence-corrected chi connectivity index (χ4v) is 6.35. The van der Waals surface area contributed by atoms with Gasteiger partial charge in [-0.15, -0.1) is 0 Å². The molecule has 4 heteroatoms. The summed E-state index contributed by atoms with van der Waals surface area (Å²) in [5, 5.41) is 12.2. The standard InChI is InChI=1S/C16H24N2OS/c1-3-12-11(2)20-14-17-16(19)10-6-7-13(16)15(18(12)14)8-4-5-9-15/h13,19H,3-10H2,1-2H3. The minimum absolute atomic E-state index is 0.165. The second kappa shape index (κ2) is 4.26. The Balaban J connectivity index is 1.88. The van der Waals surface area contributed by atoms with Gasteiger partial charge in [-0.2, -0.15) is 0 Å².